The number of hydrogen-bond acceptors (Lipinski definition) is 6. The highest BCUT2D eigenvalue weighted by atomic mass is 32.2. The lowest BCUT2D eigenvalue weighted by molar-refractivity contribution is -0.120. The highest BCUT2D eigenvalue weighted by molar-refractivity contribution is 7.89. The van der Waals surface area contributed by atoms with Crippen LogP contribution in [0.2, 0.25) is 0 Å². The molecule has 4 rings (SSSR count). The second-order valence-electron chi connectivity index (χ2n) is 8.36. The van der Waals surface area contributed by atoms with Gasteiger partial charge in [0.05, 0.1) is 22.2 Å². The second-order valence-corrected chi connectivity index (χ2v) is 11.3. The molecule has 33 heavy (non-hydrogen) atoms. The number of anilines is 1. The van der Waals surface area contributed by atoms with E-state index in [0.717, 1.165) is 16.9 Å². The summed E-state index contributed by atoms with van der Waals surface area (Å²) in [5, 5.41) is 2.89. The molecule has 1 fully saturated rings. The standard InChI is InChI=1S/C23H27N3O5S2/c1-15(2)26-20-9-8-19(14-21(20)32-23(26)28)33(29,30)25-12-10-16(11-13-25)22(27)24-17-4-6-18(31-3)7-5-17/h4-9,14-16H,10-13H2,1-3H3,(H,24,27). The number of sulfonamides is 1. The Hall–Kier alpha value is -2.69. The van der Waals surface area contributed by atoms with Gasteiger partial charge in [-0.25, -0.2) is 8.42 Å². The first kappa shape index (κ1) is 23.5. The van der Waals surface area contributed by atoms with Crippen molar-refractivity contribution >= 4 is 43.2 Å². The molecule has 0 unspecified atom stereocenters. The summed E-state index contributed by atoms with van der Waals surface area (Å²) in [7, 11) is -2.13. The van der Waals surface area contributed by atoms with E-state index in [0.29, 0.717) is 29.0 Å². The van der Waals surface area contributed by atoms with E-state index in [9.17, 15) is 18.0 Å². The van der Waals surface area contributed by atoms with E-state index in [1.165, 1.54) is 4.31 Å². The van der Waals surface area contributed by atoms with Gasteiger partial charge < -0.3 is 10.1 Å². The number of carbonyl (C=O) groups is 1. The molecule has 0 bridgehead atoms. The number of fused-ring (bicyclic) bond motifs is 1. The number of rotatable bonds is 6. The molecule has 0 aliphatic carbocycles. The van der Waals surface area contributed by atoms with Crippen LogP contribution >= 0.6 is 11.3 Å². The molecule has 0 radical (unpaired) electrons. The van der Waals surface area contributed by atoms with Crippen LogP contribution in [0.15, 0.2) is 52.2 Å². The van der Waals surface area contributed by atoms with Gasteiger partial charge in [0.25, 0.3) is 0 Å². The van der Waals surface area contributed by atoms with Crippen LogP contribution in [0.1, 0.15) is 32.7 Å². The van der Waals surface area contributed by atoms with Crippen LogP contribution in [0.4, 0.5) is 5.69 Å². The van der Waals surface area contributed by atoms with E-state index >= 15 is 0 Å². The number of aromatic nitrogens is 1. The predicted octanol–water partition coefficient (Wildman–Crippen LogP) is 3.69. The molecule has 1 aromatic heterocycles. The molecule has 176 valence electrons. The number of nitrogens with zero attached hydrogens (tertiary/aromatic N) is 2. The molecule has 10 heteroatoms. The maximum Gasteiger partial charge on any atom is 0.308 e. The van der Waals surface area contributed by atoms with Crippen LogP contribution in [0, 0.1) is 5.92 Å². The number of thiazole rings is 1. The number of nitrogens with one attached hydrogen (secondary N) is 1. The Labute approximate surface area is 196 Å². The van der Waals surface area contributed by atoms with Gasteiger partial charge in [-0.2, -0.15) is 4.31 Å². The first-order chi connectivity index (χ1) is 15.7. The van der Waals surface area contributed by atoms with Gasteiger partial charge in [-0.05, 0) is 69.2 Å². The van der Waals surface area contributed by atoms with Gasteiger partial charge in [-0.3, -0.25) is 14.2 Å². The number of methoxy groups -OCH3 is 1. The summed E-state index contributed by atoms with van der Waals surface area (Å²) >= 11 is 1.06. The third-order valence-corrected chi connectivity index (χ3v) is 8.73. The number of amides is 1. The molecular weight excluding hydrogens is 462 g/mol. The van der Waals surface area contributed by atoms with Gasteiger partial charge in [0.15, 0.2) is 0 Å². The summed E-state index contributed by atoms with van der Waals surface area (Å²) in [5.41, 5.74) is 1.42. The molecule has 0 atom stereocenters. The Morgan fingerprint density at radius 3 is 2.39 bits per heavy atom. The van der Waals surface area contributed by atoms with E-state index in [-0.39, 0.29) is 40.7 Å². The highest BCUT2D eigenvalue weighted by Crippen LogP contribution is 2.29. The second kappa shape index (κ2) is 9.28. The van der Waals surface area contributed by atoms with E-state index in [1.54, 1.807) is 54.1 Å². The molecule has 1 N–H and O–H groups in total. The molecular formula is C23H27N3O5S2. The lowest BCUT2D eigenvalue weighted by Crippen LogP contribution is -2.41. The minimum absolute atomic E-state index is 0.00297. The molecule has 2 heterocycles. The van der Waals surface area contributed by atoms with Crippen molar-refractivity contribution in [1.82, 2.24) is 8.87 Å². The minimum atomic E-state index is -3.71. The third-order valence-electron chi connectivity index (χ3n) is 5.92. The van der Waals surface area contributed by atoms with Crippen LogP contribution in [-0.2, 0) is 14.8 Å². The summed E-state index contributed by atoms with van der Waals surface area (Å²) in [6.07, 6.45) is 0.890. The Balaban J connectivity index is 1.44. The van der Waals surface area contributed by atoms with Crippen molar-refractivity contribution in [1.29, 1.82) is 0 Å². The van der Waals surface area contributed by atoms with Crippen molar-refractivity contribution in [2.45, 2.75) is 37.6 Å². The first-order valence-corrected chi connectivity index (χ1v) is 13.1. The molecule has 0 spiro atoms. The lowest BCUT2D eigenvalue weighted by atomic mass is 9.97. The topological polar surface area (TPSA) is 97.7 Å². The van der Waals surface area contributed by atoms with Crippen LogP contribution < -0.4 is 14.9 Å². The van der Waals surface area contributed by atoms with Gasteiger partial charge in [-0.15, -0.1) is 0 Å². The Morgan fingerprint density at radius 2 is 1.79 bits per heavy atom. The zero-order valence-corrected chi connectivity index (χ0v) is 20.4. The van der Waals surface area contributed by atoms with Crippen molar-refractivity contribution in [2.24, 2.45) is 5.92 Å². The van der Waals surface area contributed by atoms with Crippen LogP contribution in [0.5, 0.6) is 5.75 Å². The lowest BCUT2D eigenvalue weighted by Gasteiger charge is -2.30. The van der Waals surface area contributed by atoms with Crippen molar-refractivity contribution in [3.05, 3.63) is 52.1 Å². The number of carbonyl (C=O) groups excluding carboxylic acids is 1. The fraction of sp³-hybridized carbons (Fsp3) is 0.391. The van der Waals surface area contributed by atoms with E-state index in [4.69, 9.17) is 4.74 Å². The zero-order chi connectivity index (χ0) is 23.8. The van der Waals surface area contributed by atoms with Crippen molar-refractivity contribution in [3.63, 3.8) is 0 Å². The Bertz CT molecular complexity index is 1320. The fourth-order valence-electron chi connectivity index (χ4n) is 4.09. The Morgan fingerprint density at radius 1 is 1.12 bits per heavy atom. The van der Waals surface area contributed by atoms with Crippen LogP contribution in [-0.4, -0.2) is 43.4 Å². The summed E-state index contributed by atoms with van der Waals surface area (Å²) < 4.78 is 35.3. The minimum Gasteiger partial charge on any atom is -0.497 e. The van der Waals surface area contributed by atoms with E-state index in [2.05, 4.69) is 5.32 Å². The van der Waals surface area contributed by atoms with Crippen molar-refractivity contribution in [3.8, 4) is 5.75 Å². The SMILES string of the molecule is COc1ccc(NC(=O)C2CCN(S(=O)(=O)c3ccc4c(c3)sc(=O)n4C(C)C)CC2)cc1. The number of benzene rings is 2. The summed E-state index contributed by atoms with van der Waals surface area (Å²) in [4.78, 5) is 25.0. The third kappa shape index (κ3) is 4.68. The maximum atomic E-state index is 13.2. The molecule has 1 amide bonds. The highest BCUT2D eigenvalue weighted by Gasteiger charge is 2.32. The van der Waals surface area contributed by atoms with E-state index < -0.39 is 10.0 Å². The average molecular weight is 490 g/mol. The van der Waals surface area contributed by atoms with Gasteiger partial charge in [0.2, 0.25) is 15.9 Å². The normalized spacial score (nSPS) is 15.8. The smallest absolute Gasteiger partial charge is 0.308 e. The molecule has 8 nitrogen and oxygen atoms in total. The molecule has 1 aliphatic heterocycles. The largest absolute Gasteiger partial charge is 0.497 e. The van der Waals surface area contributed by atoms with Gasteiger partial charge in [0, 0.05) is 30.7 Å². The van der Waals surface area contributed by atoms with Gasteiger partial charge >= 0.3 is 4.87 Å². The average Bonchev–Trinajstić information content (AvgIpc) is 3.14. The molecule has 1 saturated heterocycles. The summed E-state index contributed by atoms with van der Waals surface area (Å²) in [6, 6.07) is 11.9. The first-order valence-electron chi connectivity index (χ1n) is 10.8. The summed E-state index contributed by atoms with van der Waals surface area (Å²) in [6.45, 7) is 4.38. The maximum absolute atomic E-state index is 13.2. The van der Waals surface area contributed by atoms with Crippen LogP contribution in [0.25, 0.3) is 10.2 Å². The fourth-order valence-corrected chi connectivity index (χ4v) is 6.72. The van der Waals surface area contributed by atoms with E-state index in [1.807, 2.05) is 13.8 Å². The number of ether oxygens (including phenoxy) is 1. The zero-order valence-electron chi connectivity index (χ0n) is 18.8. The van der Waals surface area contributed by atoms with Crippen molar-refractivity contribution in [2.75, 3.05) is 25.5 Å². The van der Waals surface area contributed by atoms with Gasteiger partial charge in [-0.1, -0.05) is 11.3 Å². The molecule has 0 saturated carbocycles. The van der Waals surface area contributed by atoms with Crippen molar-refractivity contribution < 1.29 is 17.9 Å². The number of piperidine rings is 1. The summed E-state index contributed by atoms with van der Waals surface area (Å²) in [5.74, 6) is 0.336. The number of hydrogen-bond donors (Lipinski definition) is 1. The monoisotopic (exact) mass is 489 g/mol. The Kier molecular flexibility index (Phi) is 6.60. The van der Waals surface area contributed by atoms with Crippen LogP contribution in [0.3, 0.4) is 0 Å². The molecule has 1 aliphatic rings. The quantitative estimate of drug-likeness (QED) is 0.570. The van der Waals surface area contributed by atoms with Gasteiger partial charge in [0.1, 0.15) is 5.75 Å². The predicted molar refractivity (Wildman–Crippen MR) is 130 cm³/mol. The molecule has 2 aromatic carbocycles. The molecule has 3 aromatic rings.